The minimum atomic E-state index is -0.142. The van der Waals surface area contributed by atoms with Gasteiger partial charge in [0.15, 0.2) is 5.11 Å². The van der Waals surface area contributed by atoms with Crippen LogP contribution in [0.1, 0.15) is 18.2 Å². The minimum Gasteiger partial charge on any atom is -0.385 e. The van der Waals surface area contributed by atoms with Crippen LogP contribution >= 0.6 is 23.6 Å². The van der Waals surface area contributed by atoms with Crippen LogP contribution in [-0.2, 0) is 11.2 Å². The van der Waals surface area contributed by atoms with Gasteiger partial charge in [-0.05, 0) is 31.1 Å². The summed E-state index contributed by atoms with van der Waals surface area (Å²) in [5.41, 5.74) is 2.69. The van der Waals surface area contributed by atoms with Gasteiger partial charge in [0.2, 0.25) is 0 Å². The maximum Gasteiger partial charge on any atom is 0.280 e. The van der Waals surface area contributed by atoms with Crippen molar-refractivity contribution in [2.45, 2.75) is 19.8 Å². The van der Waals surface area contributed by atoms with Crippen LogP contribution in [-0.4, -0.2) is 35.0 Å². The highest BCUT2D eigenvalue weighted by Gasteiger charge is 2.08. The van der Waals surface area contributed by atoms with Crippen molar-refractivity contribution in [2.75, 3.05) is 25.7 Å². The highest BCUT2D eigenvalue weighted by molar-refractivity contribution is 7.80. The van der Waals surface area contributed by atoms with Crippen LogP contribution in [0, 0.1) is 0 Å². The Labute approximate surface area is 132 Å². The van der Waals surface area contributed by atoms with Gasteiger partial charge in [-0.2, -0.15) is 0 Å². The number of hydrogen-bond acceptors (Lipinski definition) is 5. The number of thiophene rings is 1. The minimum absolute atomic E-state index is 0.142. The molecule has 0 aromatic carbocycles. The Balaban J connectivity index is 2.06. The number of methoxy groups -OCH3 is 1. The number of nitrogens with zero attached hydrogens (tertiary/aromatic N) is 2. The second kappa shape index (κ2) is 7.48. The zero-order valence-corrected chi connectivity index (χ0v) is 13.6. The fourth-order valence-electron chi connectivity index (χ4n) is 1.79. The van der Waals surface area contributed by atoms with E-state index < -0.39 is 0 Å². The SMILES string of the molecule is CCc1cc2c(=O)n(NC(=S)NCCCOC)cnc2s1. The van der Waals surface area contributed by atoms with E-state index in [1.54, 1.807) is 18.4 Å². The largest absolute Gasteiger partial charge is 0.385 e. The van der Waals surface area contributed by atoms with Gasteiger partial charge < -0.3 is 10.1 Å². The molecule has 0 unspecified atom stereocenters. The average molecular weight is 326 g/mol. The van der Waals surface area contributed by atoms with E-state index in [1.807, 2.05) is 6.07 Å². The fourth-order valence-corrected chi connectivity index (χ4v) is 2.92. The summed E-state index contributed by atoms with van der Waals surface area (Å²) in [6.45, 7) is 3.40. The number of aryl methyl sites for hydroxylation is 1. The third kappa shape index (κ3) is 3.99. The standard InChI is InChI=1S/C13H18N4O2S2/c1-3-9-7-10-11(21-9)15-8-17(12(10)18)16-13(20)14-5-4-6-19-2/h7-8H,3-6H2,1-2H3,(H2,14,16,20). The first-order valence-electron chi connectivity index (χ1n) is 6.69. The van der Waals surface area contributed by atoms with Crippen LogP contribution < -0.4 is 16.3 Å². The van der Waals surface area contributed by atoms with Gasteiger partial charge in [-0.25, -0.2) is 9.66 Å². The summed E-state index contributed by atoms with van der Waals surface area (Å²) in [4.78, 5) is 18.5. The summed E-state index contributed by atoms with van der Waals surface area (Å²) in [6, 6.07) is 1.89. The van der Waals surface area contributed by atoms with Crippen LogP contribution in [0.2, 0.25) is 0 Å². The van der Waals surface area contributed by atoms with Gasteiger partial charge in [0, 0.05) is 25.1 Å². The molecule has 8 heteroatoms. The van der Waals surface area contributed by atoms with Crippen LogP contribution in [0.15, 0.2) is 17.2 Å². The third-order valence-corrected chi connectivity index (χ3v) is 4.31. The number of hydrogen-bond donors (Lipinski definition) is 2. The third-order valence-electron chi connectivity index (χ3n) is 2.88. The second-order valence-electron chi connectivity index (χ2n) is 4.42. The molecule has 0 fully saturated rings. The summed E-state index contributed by atoms with van der Waals surface area (Å²) in [7, 11) is 1.66. The van der Waals surface area contributed by atoms with Gasteiger partial charge in [0.05, 0.1) is 5.39 Å². The first kappa shape index (κ1) is 15.9. The molecule has 2 N–H and O–H groups in total. The Bertz CT molecular complexity index is 680. The Morgan fingerprint density at radius 2 is 2.38 bits per heavy atom. The summed E-state index contributed by atoms with van der Waals surface area (Å²) >= 11 is 6.69. The number of aromatic nitrogens is 2. The normalized spacial score (nSPS) is 10.8. The van der Waals surface area contributed by atoms with E-state index in [2.05, 4.69) is 22.7 Å². The molecule has 0 amide bonds. The number of ether oxygens (including phenoxy) is 1. The predicted molar refractivity (Wildman–Crippen MR) is 89.7 cm³/mol. The molecule has 2 aromatic rings. The molecule has 2 rings (SSSR count). The second-order valence-corrected chi connectivity index (χ2v) is 5.94. The van der Waals surface area contributed by atoms with Gasteiger partial charge in [-0.1, -0.05) is 6.92 Å². The molecule has 2 aromatic heterocycles. The van der Waals surface area contributed by atoms with Gasteiger partial charge in [0.25, 0.3) is 5.56 Å². The number of nitrogens with one attached hydrogen (secondary N) is 2. The number of rotatable bonds is 6. The van der Waals surface area contributed by atoms with Gasteiger partial charge >= 0.3 is 0 Å². The molecule has 2 heterocycles. The first-order chi connectivity index (χ1) is 10.2. The van der Waals surface area contributed by atoms with Crippen LogP contribution in [0.4, 0.5) is 0 Å². The highest BCUT2D eigenvalue weighted by atomic mass is 32.1. The van der Waals surface area contributed by atoms with Crippen molar-refractivity contribution in [1.82, 2.24) is 15.0 Å². The van der Waals surface area contributed by atoms with Gasteiger partial charge in [-0.15, -0.1) is 11.3 Å². The molecule has 0 aliphatic carbocycles. The van der Waals surface area contributed by atoms with Crippen molar-refractivity contribution in [1.29, 1.82) is 0 Å². The molecule has 21 heavy (non-hydrogen) atoms. The lowest BCUT2D eigenvalue weighted by molar-refractivity contribution is 0.195. The Morgan fingerprint density at radius 1 is 1.57 bits per heavy atom. The maximum absolute atomic E-state index is 12.3. The molecule has 0 spiro atoms. The highest BCUT2D eigenvalue weighted by Crippen LogP contribution is 2.20. The van der Waals surface area contributed by atoms with Crippen molar-refractivity contribution in [2.24, 2.45) is 0 Å². The van der Waals surface area contributed by atoms with Crippen molar-refractivity contribution in [3.8, 4) is 0 Å². The average Bonchev–Trinajstić information content (AvgIpc) is 2.91. The molecule has 0 aliphatic heterocycles. The van der Waals surface area contributed by atoms with Gasteiger partial charge in [0.1, 0.15) is 11.2 Å². The lowest BCUT2D eigenvalue weighted by Crippen LogP contribution is -2.39. The monoisotopic (exact) mass is 326 g/mol. The Morgan fingerprint density at radius 3 is 3.10 bits per heavy atom. The number of thiocarbonyl (C=S) groups is 1. The topological polar surface area (TPSA) is 68.2 Å². The lowest BCUT2D eigenvalue weighted by Gasteiger charge is -2.11. The van der Waals surface area contributed by atoms with E-state index in [0.717, 1.165) is 22.5 Å². The zero-order valence-electron chi connectivity index (χ0n) is 12.0. The van der Waals surface area contributed by atoms with Gasteiger partial charge in [-0.3, -0.25) is 10.2 Å². The number of fused-ring (bicyclic) bond motifs is 1. The molecule has 0 atom stereocenters. The summed E-state index contributed by atoms with van der Waals surface area (Å²) in [5.74, 6) is 0. The molecule has 0 bridgehead atoms. The van der Waals surface area contributed by atoms with E-state index in [9.17, 15) is 4.79 Å². The molecule has 0 aliphatic rings. The summed E-state index contributed by atoms with van der Waals surface area (Å²) in [6.07, 6.45) is 3.20. The molecule has 0 saturated heterocycles. The van der Waals surface area contributed by atoms with Crippen LogP contribution in [0.25, 0.3) is 10.2 Å². The van der Waals surface area contributed by atoms with E-state index in [-0.39, 0.29) is 5.56 Å². The van der Waals surface area contributed by atoms with E-state index in [4.69, 9.17) is 17.0 Å². The predicted octanol–water partition coefficient (Wildman–Crippen LogP) is 1.47. The zero-order chi connectivity index (χ0) is 15.2. The van der Waals surface area contributed by atoms with Crippen LogP contribution in [0.3, 0.4) is 0 Å². The first-order valence-corrected chi connectivity index (χ1v) is 7.92. The Kier molecular flexibility index (Phi) is 5.66. The molecule has 0 saturated carbocycles. The lowest BCUT2D eigenvalue weighted by atomic mass is 10.3. The summed E-state index contributed by atoms with van der Waals surface area (Å²) < 4.78 is 6.26. The van der Waals surface area contributed by atoms with Crippen molar-refractivity contribution >= 4 is 38.9 Å². The molecular formula is C13H18N4O2S2. The van der Waals surface area contributed by atoms with Crippen molar-refractivity contribution in [3.63, 3.8) is 0 Å². The van der Waals surface area contributed by atoms with E-state index in [1.165, 1.54) is 11.0 Å². The maximum atomic E-state index is 12.3. The van der Waals surface area contributed by atoms with Crippen molar-refractivity contribution < 1.29 is 4.74 Å². The van der Waals surface area contributed by atoms with Crippen molar-refractivity contribution in [3.05, 3.63) is 27.6 Å². The molecule has 0 radical (unpaired) electrons. The molecule has 6 nitrogen and oxygen atoms in total. The quantitative estimate of drug-likeness (QED) is 0.619. The molecule has 114 valence electrons. The van der Waals surface area contributed by atoms with E-state index in [0.29, 0.717) is 23.7 Å². The smallest absolute Gasteiger partial charge is 0.280 e. The molecular weight excluding hydrogens is 308 g/mol. The Hall–Kier alpha value is -1.51. The van der Waals surface area contributed by atoms with E-state index >= 15 is 0 Å². The summed E-state index contributed by atoms with van der Waals surface area (Å²) in [5, 5.41) is 4.02. The van der Waals surface area contributed by atoms with Crippen LogP contribution in [0.5, 0.6) is 0 Å². The fraction of sp³-hybridized carbons (Fsp3) is 0.462.